The Labute approximate surface area is 160 Å². The average Bonchev–Trinajstić information content (AvgIpc) is 3.47. The molecule has 0 radical (unpaired) electrons. The Morgan fingerprint density at radius 2 is 2.14 bits per heavy atom. The number of carbonyl (C=O) groups excluding carboxylic acids is 2. The minimum atomic E-state index is -4.70. The maximum Gasteiger partial charge on any atom is 0.418 e. The van der Waals surface area contributed by atoms with Gasteiger partial charge in [0.25, 0.3) is 5.91 Å². The molecular weight excluding hydrogens is 377 g/mol. The van der Waals surface area contributed by atoms with Gasteiger partial charge in [-0.1, -0.05) is 0 Å². The van der Waals surface area contributed by atoms with Crippen LogP contribution in [0.1, 0.15) is 18.4 Å². The van der Waals surface area contributed by atoms with Gasteiger partial charge in [0.2, 0.25) is 5.91 Å². The normalized spacial score (nSPS) is 19.1. The maximum atomic E-state index is 13.6. The molecule has 2 amide bonds. The van der Waals surface area contributed by atoms with E-state index in [1.807, 2.05) is 0 Å². The topological polar surface area (TPSA) is 87.9 Å². The van der Waals surface area contributed by atoms with E-state index in [9.17, 15) is 22.8 Å². The number of rotatable bonds is 6. The highest BCUT2D eigenvalue weighted by Gasteiger charge is 2.37. The monoisotopic (exact) mass is 400 g/mol. The smallest absolute Gasteiger partial charge is 0.370 e. The number of ether oxygens (including phenoxy) is 1. The SMILES string of the molecule is CN(C1CC1)[C@H](CN)C(=O)Nc1ccc(N2CCOCC2=O)cc1C(F)(F)F. The second-order valence-electron chi connectivity index (χ2n) is 6.96. The molecule has 3 rings (SSSR count). The van der Waals surface area contributed by atoms with Crippen LogP contribution in [0.15, 0.2) is 18.2 Å². The van der Waals surface area contributed by atoms with Gasteiger partial charge < -0.3 is 20.7 Å². The van der Waals surface area contributed by atoms with Crippen molar-refractivity contribution in [3.05, 3.63) is 23.8 Å². The number of amides is 2. The summed E-state index contributed by atoms with van der Waals surface area (Å²) >= 11 is 0. The van der Waals surface area contributed by atoms with Crippen molar-refractivity contribution in [1.82, 2.24) is 4.90 Å². The predicted octanol–water partition coefficient (Wildman–Crippen LogP) is 1.43. The molecule has 10 heteroatoms. The van der Waals surface area contributed by atoms with Crippen molar-refractivity contribution in [2.75, 3.05) is 43.6 Å². The lowest BCUT2D eigenvalue weighted by molar-refractivity contribution is -0.137. The molecule has 2 fully saturated rings. The number of likely N-dealkylation sites (N-methyl/N-ethyl adjacent to an activating group) is 1. The number of nitrogens with zero attached hydrogens (tertiary/aromatic N) is 2. The third-order valence-corrected chi connectivity index (χ3v) is 5.00. The lowest BCUT2D eigenvalue weighted by atomic mass is 10.1. The van der Waals surface area contributed by atoms with E-state index in [1.54, 1.807) is 11.9 Å². The number of morpholine rings is 1. The fraction of sp³-hybridized carbons (Fsp3) is 0.556. The average molecular weight is 400 g/mol. The first-order valence-corrected chi connectivity index (χ1v) is 9.04. The molecule has 0 spiro atoms. The summed E-state index contributed by atoms with van der Waals surface area (Å²) in [6.07, 6.45) is -2.82. The largest absolute Gasteiger partial charge is 0.418 e. The minimum Gasteiger partial charge on any atom is -0.370 e. The molecule has 28 heavy (non-hydrogen) atoms. The van der Waals surface area contributed by atoms with Crippen LogP contribution in [0.4, 0.5) is 24.5 Å². The van der Waals surface area contributed by atoms with Gasteiger partial charge in [-0.05, 0) is 38.1 Å². The molecule has 3 N–H and O–H groups in total. The number of hydrogen-bond donors (Lipinski definition) is 2. The number of halogens is 3. The first-order chi connectivity index (χ1) is 13.2. The summed E-state index contributed by atoms with van der Waals surface area (Å²) < 4.78 is 45.8. The molecule has 154 valence electrons. The van der Waals surface area contributed by atoms with Gasteiger partial charge in [0, 0.05) is 24.8 Å². The van der Waals surface area contributed by atoms with Crippen molar-refractivity contribution in [2.45, 2.75) is 31.1 Å². The van der Waals surface area contributed by atoms with Crippen LogP contribution in [-0.2, 0) is 20.5 Å². The Balaban J connectivity index is 1.85. The zero-order valence-corrected chi connectivity index (χ0v) is 15.5. The summed E-state index contributed by atoms with van der Waals surface area (Å²) in [4.78, 5) is 27.5. The molecule has 1 heterocycles. The van der Waals surface area contributed by atoms with Crippen LogP contribution in [0, 0.1) is 0 Å². The second-order valence-corrected chi connectivity index (χ2v) is 6.96. The van der Waals surface area contributed by atoms with Crippen molar-refractivity contribution in [2.24, 2.45) is 5.73 Å². The van der Waals surface area contributed by atoms with Crippen LogP contribution in [0.3, 0.4) is 0 Å². The molecule has 1 atom stereocenters. The number of carbonyl (C=O) groups is 2. The number of alkyl halides is 3. The maximum absolute atomic E-state index is 13.6. The summed E-state index contributed by atoms with van der Waals surface area (Å²) in [5.41, 5.74) is 4.42. The van der Waals surface area contributed by atoms with E-state index in [-0.39, 0.29) is 43.7 Å². The molecule has 1 saturated carbocycles. The molecule has 1 saturated heterocycles. The van der Waals surface area contributed by atoms with Gasteiger partial charge >= 0.3 is 6.18 Å². The van der Waals surface area contributed by atoms with Crippen molar-refractivity contribution in [1.29, 1.82) is 0 Å². The van der Waals surface area contributed by atoms with Crippen LogP contribution >= 0.6 is 0 Å². The third-order valence-electron chi connectivity index (χ3n) is 5.00. The van der Waals surface area contributed by atoms with Gasteiger partial charge in [-0.15, -0.1) is 0 Å². The molecule has 1 aromatic rings. The molecule has 0 aromatic heterocycles. The Hall–Kier alpha value is -2.17. The van der Waals surface area contributed by atoms with Gasteiger partial charge in [0.15, 0.2) is 0 Å². The Morgan fingerprint density at radius 1 is 1.43 bits per heavy atom. The lowest BCUT2D eigenvalue weighted by Gasteiger charge is -2.29. The number of benzene rings is 1. The van der Waals surface area contributed by atoms with Crippen molar-refractivity contribution in [3.8, 4) is 0 Å². The molecular formula is C18H23F3N4O3. The first-order valence-electron chi connectivity index (χ1n) is 9.04. The zero-order valence-electron chi connectivity index (χ0n) is 15.5. The number of nitrogens with two attached hydrogens (primary N) is 1. The van der Waals surface area contributed by atoms with Gasteiger partial charge in [-0.3, -0.25) is 14.5 Å². The fourth-order valence-corrected chi connectivity index (χ4v) is 3.25. The lowest BCUT2D eigenvalue weighted by Crippen LogP contribution is -2.47. The minimum absolute atomic E-state index is 0.000543. The molecule has 1 aliphatic carbocycles. The van der Waals surface area contributed by atoms with E-state index in [1.165, 1.54) is 17.0 Å². The Bertz CT molecular complexity index is 752. The van der Waals surface area contributed by atoms with Gasteiger partial charge in [0.1, 0.15) is 12.6 Å². The highest BCUT2D eigenvalue weighted by molar-refractivity contribution is 5.98. The predicted molar refractivity (Wildman–Crippen MR) is 96.9 cm³/mol. The summed E-state index contributed by atoms with van der Waals surface area (Å²) in [6.45, 7) is 0.243. The fourth-order valence-electron chi connectivity index (χ4n) is 3.25. The highest BCUT2D eigenvalue weighted by atomic mass is 19.4. The quantitative estimate of drug-likeness (QED) is 0.754. The summed E-state index contributed by atoms with van der Waals surface area (Å²) in [5, 5.41) is 2.36. The number of hydrogen-bond acceptors (Lipinski definition) is 5. The second kappa shape index (κ2) is 8.06. The Morgan fingerprint density at radius 3 is 2.71 bits per heavy atom. The van der Waals surface area contributed by atoms with Crippen molar-refractivity contribution >= 4 is 23.2 Å². The van der Waals surface area contributed by atoms with Crippen LogP contribution in [0.5, 0.6) is 0 Å². The van der Waals surface area contributed by atoms with Crippen LogP contribution in [0.2, 0.25) is 0 Å². The molecule has 1 aliphatic heterocycles. The highest BCUT2D eigenvalue weighted by Crippen LogP contribution is 2.38. The van der Waals surface area contributed by atoms with E-state index >= 15 is 0 Å². The molecule has 0 bridgehead atoms. The van der Waals surface area contributed by atoms with Crippen molar-refractivity contribution in [3.63, 3.8) is 0 Å². The molecule has 7 nitrogen and oxygen atoms in total. The molecule has 1 aromatic carbocycles. The number of nitrogens with one attached hydrogen (secondary N) is 1. The van der Waals surface area contributed by atoms with E-state index < -0.39 is 29.6 Å². The van der Waals surface area contributed by atoms with Crippen LogP contribution < -0.4 is 16.0 Å². The number of anilines is 2. The first kappa shape index (κ1) is 20.6. The standard InChI is InChI=1S/C18H23F3N4O3/c1-24(11-2-3-11)15(9-22)17(27)23-14-5-4-12(8-13(14)18(19,20)21)25-6-7-28-10-16(25)26/h4-5,8,11,15H,2-3,6-7,9-10,22H2,1H3,(H,23,27)/t15-/m1/s1. The third kappa shape index (κ3) is 4.45. The summed E-state index contributed by atoms with van der Waals surface area (Å²) in [5.74, 6) is -0.997. The van der Waals surface area contributed by atoms with E-state index in [0.29, 0.717) is 0 Å². The van der Waals surface area contributed by atoms with E-state index in [2.05, 4.69) is 5.32 Å². The van der Waals surface area contributed by atoms with E-state index in [4.69, 9.17) is 10.5 Å². The summed E-state index contributed by atoms with van der Waals surface area (Å²) in [7, 11) is 1.74. The van der Waals surface area contributed by atoms with E-state index in [0.717, 1.165) is 18.9 Å². The van der Waals surface area contributed by atoms with Gasteiger partial charge in [0.05, 0.1) is 17.9 Å². The van der Waals surface area contributed by atoms with Gasteiger partial charge in [-0.25, -0.2) is 0 Å². The summed E-state index contributed by atoms with van der Waals surface area (Å²) in [6, 6.07) is 2.95. The van der Waals surface area contributed by atoms with Crippen LogP contribution in [0.25, 0.3) is 0 Å². The molecule has 0 unspecified atom stereocenters. The van der Waals surface area contributed by atoms with Gasteiger partial charge in [-0.2, -0.15) is 13.2 Å². The zero-order chi connectivity index (χ0) is 20.5. The molecule has 2 aliphatic rings. The van der Waals surface area contributed by atoms with Crippen molar-refractivity contribution < 1.29 is 27.5 Å². The Kier molecular flexibility index (Phi) is 5.92. The van der Waals surface area contributed by atoms with Crippen LogP contribution in [-0.4, -0.2) is 62.1 Å².